The fourth-order valence-corrected chi connectivity index (χ4v) is 2.51. The van der Waals surface area contributed by atoms with Crippen molar-refractivity contribution in [2.24, 2.45) is 0 Å². The molecule has 1 aliphatic heterocycles. The lowest BCUT2D eigenvalue weighted by Gasteiger charge is -2.29. The van der Waals surface area contributed by atoms with Crippen molar-refractivity contribution in [1.29, 1.82) is 0 Å². The Hall–Kier alpha value is -1.06. The number of benzene rings is 1. The highest BCUT2D eigenvalue weighted by Gasteiger charge is 2.14. The highest BCUT2D eigenvalue weighted by atomic mass is 15.2. The number of rotatable bonds is 3. The average Bonchev–Trinajstić information content (AvgIpc) is 2.34. The van der Waals surface area contributed by atoms with Gasteiger partial charge in [-0.15, -0.1) is 0 Å². The largest absolute Gasteiger partial charge is 0.377 e. The molecule has 1 N–H and O–H groups in total. The van der Waals surface area contributed by atoms with Crippen molar-refractivity contribution in [3.8, 4) is 0 Å². The van der Waals surface area contributed by atoms with E-state index in [0.717, 1.165) is 32.7 Å². The van der Waals surface area contributed by atoms with E-state index < -0.39 is 0 Å². The summed E-state index contributed by atoms with van der Waals surface area (Å²) in [5, 5.41) is 3.41. The van der Waals surface area contributed by atoms with Crippen LogP contribution in [0.1, 0.15) is 16.7 Å². The molecule has 1 fully saturated rings. The molecule has 0 saturated carbocycles. The lowest BCUT2D eigenvalue weighted by atomic mass is 10.0. The van der Waals surface area contributed by atoms with Gasteiger partial charge in [0, 0.05) is 52.5 Å². The van der Waals surface area contributed by atoms with Crippen LogP contribution in [0.3, 0.4) is 0 Å². The van der Waals surface area contributed by atoms with Crippen LogP contribution in [-0.2, 0) is 6.54 Å². The molecule has 1 aromatic carbocycles. The first-order valence-electron chi connectivity index (χ1n) is 6.78. The van der Waals surface area contributed by atoms with Gasteiger partial charge in [0.25, 0.3) is 0 Å². The number of nitrogens with one attached hydrogen (secondary N) is 1. The highest BCUT2D eigenvalue weighted by molar-refractivity contribution is 5.56. The monoisotopic (exact) mass is 247 g/mol. The Morgan fingerprint density at radius 2 is 1.72 bits per heavy atom. The maximum atomic E-state index is 3.41. The SMILES string of the molecule is Cc1cc(CN2CCNCC2)c(N(C)C)cc1C. The Kier molecular flexibility index (Phi) is 4.25. The number of nitrogens with zero attached hydrogens (tertiary/aromatic N) is 2. The number of aryl methyl sites for hydroxylation is 2. The van der Waals surface area contributed by atoms with Crippen LogP contribution in [0.15, 0.2) is 12.1 Å². The summed E-state index contributed by atoms with van der Waals surface area (Å²) in [5.41, 5.74) is 5.58. The smallest absolute Gasteiger partial charge is 0.0409 e. The third kappa shape index (κ3) is 3.03. The van der Waals surface area contributed by atoms with E-state index in [9.17, 15) is 0 Å². The molecule has 0 bridgehead atoms. The second kappa shape index (κ2) is 5.72. The van der Waals surface area contributed by atoms with Crippen molar-refractivity contribution >= 4 is 5.69 Å². The standard InChI is InChI=1S/C15H25N3/c1-12-9-14(11-18-7-5-16-6-8-18)15(17(3)4)10-13(12)2/h9-10,16H,5-8,11H2,1-4H3. The van der Waals surface area contributed by atoms with Crippen molar-refractivity contribution in [2.75, 3.05) is 45.2 Å². The summed E-state index contributed by atoms with van der Waals surface area (Å²) >= 11 is 0. The molecule has 3 heteroatoms. The zero-order chi connectivity index (χ0) is 13.1. The van der Waals surface area contributed by atoms with Gasteiger partial charge >= 0.3 is 0 Å². The van der Waals surface area contributed by atoms with Crippen LogP contribution in [-0.4, -0.2) is 45.2 Å². The average molecular weight is 247 g/mol. The topological polar surface area (TPSA) is 18.5 Å². The summed E-state index contributed by atoms with van der Waals surface area (Å²) in [6.45, 7) is 9.99. The number of hydrogen-bond donors (Lipinski definition) is 1. The predicted octanol–water partition coefficient (Wildman–Crippen LogP) is 1.77. The van der Waals surface area contributed by atoms with E-state index in [2.05, 4.69) is 55.2 Å². The molecule has 100 valence electrons. The van der Waals surface area contributed by atoms with Crippen LogP contribution in [0.25, 0.3) is 0 Å². The molecule has 3 nitrogen and oxygen atoms in total. The van der Waals surface area contributed by atoms with Gasteiger partial charge in [-0.3, -0.25) is 4.90 Å². The molecule has 0 aliphatic carbocycles. The molecule has 18 heavy (non-hydrogen) atoms. The summed E-state index contributed by atoms with van der Waals surface area (Å²) in [4.78, 5) is 4.76. The van der Waals surface area contributed by atoms with E-state index in [1.807, 2.05) is 0 Å². The molecular weight excluding hydrogens is 222 g/mol. The van der Waals surface area contributed by atoms with Crippen LogP contribution in [0.5, 0.6) is 0 Å². The van der Waals surface area contributed by atoms with E-state index >= 15 is 0 Å². The van der Waals surface area contributed by atoms with Crippen molar-refractivity contribution in [3.05, 3.63) is 28.8 Å². The lowest BCUT2D eigenvalue weighted by molar-refractivity contribution is 0.233. The Balaban J connectivity index is 2.21. The molecule has 0 unspecified atom stereocenters. The maximum Gasteiger partial charge on any atom is 0.0409 e. The lowest BCUT2D eigenvalue weighted by Crippen LogP contribution is -2.43. The number of hydrogen-bond acceptors (Lipinski definition) is 3. The van der Waals surface area contributed by atoms with Gasteiger partial charge in [0.05, 0.1) is 0 Å². The van der Waals surface area contributed by atoms with Crippen LogP contribution in [0.2, 0.25) is 0 Å². The summed E-state index contributed by atoms with van der Waals surface area (Å²) in [7, 11) is 4.26. The molecule has 1 aromatic rings. The molecular formula is C15H25N3. The molecule has 1 heterocycles. The fraction of sp³-hybridized carbons (Fsp3) is 0.600. The molecule has 0 amide bonds. The van der Waals surface area contributed by atoms with Gasteiger partial charge in [0.15, 0.2) is 0 Å². The summed E-state index contributed by atoms with van der Waals surface area (Å²) in [6.07, 6.45) is 0. The van der Waals surface area contributed by atoms with Crippen molar-refractivity contribution in [1.82, 2.24) is 10.2 Å². The molecule has 1 saturated heterocycles. The predicted molar refractivity (Wildman–Crippen MR) is 78.4 cm³/mol. The van der Waals surface area contributed by atoms with Crippen molar-refractivity contribution in [3.63, 3.8) is 0 Å². The number of piperazine rings is 1. The van der Waals surface area contributed by atoms with Gasteiger partial charge < -0.3 is 10.2 Å². The first-order chi connectivity index (χ1) is 8.58. The number of anilines is 1. The van der Waals surface area contributed by atoms with E-state index in [4.69, 9.17) is 0 Å². The first kappa shape index (κ1) is 13.4. The molecule has 0 atom stereocenters. The summed E-state index contributed by atoms with van der Waals surface area (Å²) < 4.78 is 0. The van der Waals surface area contributed by atoms with Crippen LogP contribution < -0.4 is 10.2 Å². The zero-order valence-corrected chi connectivity index (χ0v) is 12.1. The van der Waals surface area contributed by atoms with Gasteiger partial charge in [0.1, 0.15) is 0 Å². The minimum absolute atomic E-state index is 1.07. The van der Waals surface area contributed by atoms with Gasteiger partial charge in [0.2, 0.25) is 0 Å². The Morgan fingerprint density at radius 1 is 1.11 bits per heavy atom. The van der Waals surface area contributed by atoms with E-state index in [0.29, 0.717) is 0 Å². The maximum absolute atomic E-state index is 3.41. The quantitative estimate of drug-likeness (QED) is 0.878. The molecule has 0 radical (unpaired) electrons. The summed E-state index contributed by atoms with van der Waals surface area (Å²) in [5.74, 6) is 0. The molecule has 0 spiro atoms. The van der Waals surface area contributed by atoms with Gasteiger partial charge in [-0.25, -0.2) is 0 Å². The van der Waals surface area contributed by atoms with E-state index in [-0.39, 0.29) is 0 Å². The van der Waals surface area contributed by atoms with E-state index in [1.165, 1.54) is 22.4 Å². The third-order valence-electron chi connectivity index (χ3n) is 3.78. The second-order valence-electron chi connectivity index (χ2n) is 5.49. The Bertz CT molecular complexity index is 406. The fourth-order valence-electron chi connectivity index (χ4n) is 2.51. The van der Waals surface area contributed by atoms with Crippen molar-refractivity contribution in [2.45, 2.75) is 20.4 Å². The Morgan fingerprint density at radius 3 is 2.33 bits per heavy atom. The van der Waals surface area contributed by atoms with Gasteiger partial charge in [-0.1, -0.05) is 6.07 Å². The van der Waals surface area contributed by atoms with Crippen LogP contribution in [0.4, 0.5) is 5.69 Å². The van der Waals surface area contributed by atoms with Crippen LogP contribution in [0, 0.1) is 13.8 Å². The third-order valence-corrected chi connectivity index (χ3v) is 3.78. The highest BCUT2D eigenvalue weighted by Crippen LogP contribution is 2.24. The minimum atomic E-state index is 1.07. The first-order valence-corrected chi connectivity index (χ1v) is 6.78. The molecule has 1 aliphatic rings. The summed E-state index contributed by atoms with van der Waals surface area (Å²) in [6, 6.07) is 4.67. The normalized spacial score (nSPS) is 16.9. The van der Waals surface area contributed by atoms with E-state index in [1.54, 1.807) is 0 Å². The Labute approximate surface area is 111 Å². The second-order valence-corrected chi connectivity index (χ2v) is 5.49. The van der Waals surface area contributed by atoms with Gasteiger partial charge in [-0.2, -0.15) is 0 Å². The molecule has 0 aromatic heterocycles. The van der Waals surface area contributed by atoms with Crippen LogP contribution >= 0.6 is 0 Å². The zero-order valence-electron chi connectivity index (χ0n) is 12.1. The van der Waals surface area contributed by atoms with Crippen molar-refractivity contribution < 1.29 is 0 Å². The van der Waals surface area contributed by atoms with Gasteiger partial charge in [-0.05, 0) is 36.6 Å². The minimum Gasteiger partial charge on any atom is -0.377 e. The molecule has 2 rings (SSSR count).